The zero-order chi connectivity index (χ0) is 20.1. The Labute approximate surface area is 162 Å². The van der Waals surface area contributed by atoms with Crippen molar-refractivity contribution in [3.05, 3.63) is 54.2 Å². The van der Waals surface area contributed by atoms with E-state index in [1.807, 2.05) is 0 Å². The van der Waals surface area contributed by atoms with Crippen LogP contribution >= 0.6 is 0 Å². The van der Waals surface area contributed by atoms with Crippen molar-refractivity contribution in [1.29, 1.82) is 0 Å². The third kappa shape index (κ3) is 2.90. The minimum absolute atomic E-state index is 0.123. The van der Waals surface area contributed by atoms with Crippen molar-refractivity contribution in [2.24, 2.45) is 5.92 Å². The Morgan fingerprint density at radius 1 is 1.07 bits per heavy atom. The summed E-state index contributed by atoms with van der Waals surface area (Å²) in [7, 11) is -0.818. The van der Waals surface area contributed by atoms with Crippen molar-refractivity contribution in [2.45, 2.75) is 17.2 Å². The summed E-state index contributed by atoms with van der Waals surface area (Å²) in [5, 5.41) is 9.98. The van der Waals surface area contributed by atoms with Crippen LogP contribution in [0.3, 0.4) is 0 Å². The number of carbonyl (C=O) groups is 1. The van der Waals surface area contributed by atoms with Crippen molar-refractivity contribution in [2.75, 3.05) is 14.2 Å². The highest BCUT2D eigenvalue weighted by atomic mass is 32.2. The molecule has 0 unspecified atom stereocenters. The average molecular weight is 401 g/mol. The molecule has 0 amide bonds. The number of benzene rings is 2. The minimum Gasteiger partial charge on any atom is -0.497 e. The molecular formula is C20H19NO6S. The van der Waals surface area contributed by atoms with Crippen molar-refractivity contribution < 1.29 is 27.8 Å². The van der Waals surface area contributed by atoms with Crippen molar-refractivity contribution in [3.63, 3.8) is 0 Å². The summed E-state index contributed by atoms with van der Waals surface area (Å²) < 4.78 is 38.1. The Morgan fingerprint density at radius 3 is 2.29 bits per heavy atom. The quantitative estimate of drug-likeness (QED) is 0.682. The number of rotatable bonds is 6. The molecule has 4 rings (SSSR count). The Bertz CT molecular complexity index is 1160. The van der Waals surface area contributed by atoms with Gasteiger partial charge in [-0.25, -0.2) is 12.4 Å². The smallest absolute Gasteiger partial charge is 0.307 e. The third-order valence-corrected chi connectivity index (χ3v) is 6.82. The number of aromatic nitrogens is 1. The van der Waals surface area contributed by atoms with Gasteiger partial charge < -0.3 is 14.6 Å². The second kappa shape index (κ2) is 6.56. The number of hydrogen-bond acceptors (Lipinski definition) is 5. The maximum Gasteiger partial charge on any atom is 0.307 e. The first-order valence-corrected chi connectivity index (χ1v) is 10.1. The molecule has 1 aromatic heterocycles. The highest BCUT2D eigenvalue weighted by Crippen LogP contribution is 2.50. The van der Waals surface area contributed by atoms with E-state index in [0.29, 0.717) is 34.4 Å². The van der Waals surface area contributed by atoms with Gasteiger partial charge in [0.1, 0.15) is 11.5 Å². The number of fused-ring (bicyclic) bond motifs is 1. The van der Waals surface area contributed by atoms with Gasteiger partial charge in [-0.3, -0.25) is 4.79 Å². The lowest BCUT2D eigenvalue weighted by atomic mass is 10.1. The van der Waals surface area contributed by atoms with E-state index in [2.05, 4.69) is 0 Å². The van der Waals surface area contributed by atoms with E-state index in [-0.39, 0.29) is 10.8 Å². The Morgan fingerprint density at radius 2 is 1.71 bits per heavy atom. The molecule has 8 heteroatoms. The zero-order valence-electron chi connectivity index (χ0n) is 15.3. The predicted octanol–water partition coefficient (Wildman–Crippen LogP) is 3.08. The molecule has 0 spiro atoms. The highest BCUT2D eigenvalue weighted by molar-refractivity contribution is 7.90. The summed E-state index contributed by atoms with van der Waals surface area (Å²) in [5.74, 6) is -0.426. The molecule has 1 saturated carbocycles. The van der Waals surface area contributed by atoms with Crippen molar-refractivity contribution in [3.8, 4) is 11.5 Å². The zero-order valence-corrected chi connectivity index (χ0v) is 16.1. The Balaban J connectivity index is 1.88. The van der Waals surface area contributed by atoms with Crippen LogP contribution in [0.1, 0.15) is 17.9 Å². The SMILES string of the molecule is COc1ccc(S(=O)(=O)n2cc([C@@H]3C[C@H]3C(=O)O)c3cc(OC)ccc32)cc1. The predicted molar refractivity (Wildman–Crippen MR) is 103 cm³/mol. The van der Waals surface area contributed by atoms with Gasteiger partial charge in [0.2, 0.25) is 0 Å². The monoisotopic (exact) mass is 401 g/mol. The standard InChI is InChI=1S/C20H19NO6S/c1-26-12-3-6-14(7-4-12)28(24,25)21-11-18(15-10-17(15)20(22)23)16-9-13(27-2)5-8-19(16)21/h3-9,11,15,17H,10H2,1-2H3,(H,22,23)/t15-,17-/m1/s1. The molecule has 0 saturated heterocycles. The van der Waals surface area contributed by atoms with E-state index >= 15 is 0 Å². The first-order valence-electron chi connectivity index (χ1n) is 8.68. The molecular weight excluding hydrogens is 382 g/mol. The number of methoxy groups -OCH3 is 2. The topological polar surface area (TPSA) is 94.8 Å². The second-order valence-corrected chi connectivity index (χ2v) is 8.55. The normalized spacial score (nSPS) is 18.8. The number of carboxylic acids is 1. The average Bonchev–Trinajstić information content (AvgIpc) is 3.41. The van der Waals surface area contributed by atoms with Gasteiger partial charge in [-0.2, -0.15) is 0 Å². The summed E-state index contributed by atoms with van der Waals surface area (Å²) in [5.41, 5.74) is 1.20. The van der Waals surface area contributed by atoms with Gasteiger partial charge in [0.05, 0.1) is 30.5 Å². The van der Waals surface area contributed by atoms with Gasteiger partial charge in [0, 0.05) is 17.5 Å². The van der Waals surface area contributed by atoms with Crippen LogP contribution in [0, 0.1) is 5.92 Å². The van der Waals surface area contributed by atoms with Crippen LogP contribution in [-0.4, -0.2) is 37.7 Å². The molecule has 1 N–H and O–H groups in total. The molecule has 28 heavy (non-hydrogen) atoms. The molecule has 1 aliphatic rings. The summed E-state index contributed by atoms with van der Waals surface area (Å²) in [4.78, 5) is 11.5. The van der Waals surface area contributed by atoms with Crippen LogP contribution in [0.15, 0.2) is 53.6 Å². The van der Waals surface area contributed by atoms with Crippen LogP contribution < -0.4 is 9.47 Å². The van der Waals surface area contributed by atoms with Gasteiger partial charge in [-0.1, -0.05) is 0 Å². The molecule has 146 valence electrons. The minimum atomic E-state index is -3.86. The van der Waals surface area contributed by atoms with E-state index < -0.39 is 21.9 Å². The van der Waals surface area contributed by atoms with Gasteiger partial charge >= 0.3 is 5.97 Å². The fourth-order valence-corrected chi connectivity index (χ4v) is 4.88. The van der Waals surface area contributed by atoms with E-state index in [0.717, 1.165) is 0 Å². The molecule has 0 bridgehead atoms. The number of carboxylic acid groups (broad SMARTS) is 1. The molecule has 1 heterocycles. The molecule has 2 aromatic carbocycles. The molecule has 0 radical (unpaired) electrons. The Kier molecular flexibility index (Phi) is 4.30. The Hall–Kier alpha value is -3.00. The maximum atomic E-state index is 13.2. The number of hydrogen-bond donors (Lipinski definition) is 1. The van der Waals surface area contributed by atoms with Gasteiger partial charge in [0.15, 0.2) is 0 Å². The van der Waals surface area contributed by atoms with Crippen LogP contribution in [0.25, 0.3) is 10.9 Å². The summed E-state index contributed by atoms with van der Waals surface area (Å²) in [6.07, 6.45) is 2.03. The first-order chi connectivity index (χ1) is 13.4. The summed E-state index contributed by atoms with van der Waals surface area (Å²) >= 11 is 0. The maximum absolute atomic E-state index is 13.2. The summed E-state index contributed by atoms with van der Waals surface area (Å²) in [6.45, 7) is 0. The highest BCUT2D eigenvalue weighted by Gasteiger charge is 2.46. The molecule has 0 aliphatic heterocycles. The number of ether oxygens (including phenoxy) is 2. The van der Waals surface area contributed by atoms with E-state index in [1.54, 1.807) is 30.3 Å². The lowest BCUT2D eigenvalue weighted by Gasteiger charge is -2.09. The fourth-order valence-electron chi connectivity index (χ4n) is 3.50. The van der Waals surface area contributed by atoms with Crippen LogP contribution in [0.5, 0.6) is 11.5 Å². The van der Waals surface area contributed by atoms with Crippen molar-refractivity contribution >= 4 is 26.9 Å². The lowest BCUT2D eigenvalue weighted by Crippen LogP contribution is -2.11. The molecule has 1 aliphatic carbocycles. The van der Waals surface area contributed by atoms with Crippen LogP contribution in [0.2, 0.25) is 0 Å². The van der Waals surface area contributed by atoms with Gasteiger partial charge in [0.25, 0.3) is 10.0 Å². The molecule has 1 fully saturated rings. The van der Waals surface area contributed by atoms with Gasteiger partial charge in [-0.05, 0) is 54.4 Å². The second-order valence-electron chi connectivity index (χ2n) is 6.73. The van der Waals surface area contributed by atoms with E-state index in [1.165, 1.54) is 36.5 Å². The number of nitrogens with zero attached hydrogens (tertiary/aromatic N) is 1. The van der Waals surface area contributed by atoms with E-state index in [4.69, 9.17) is 9.47 Å². The molecule has 2 atom stereocenters. The van der Waals surface area contributed by atoms with Crippen molar-refractivity contribution in [1.82, 2.24) is 3.97 Å². The number of aliphatic carboxylic acids is 1. The van der Waals surface area contributed by atoms with Gasteiger partial charge in [-0.15, -0.1) is 0 Å². The first kappa shape index (κ1) is 18.4. The lowest BCUT2D eigenvalue weighted by molar-refractivity contribution is -0.138. The third-order valence-electron chi connectivity index (χ3n) is 5.13. The van der Waals surface area contributed by atoms with Crippen LogP contribution in [0.4, 0.5) is 0 Å². The molecule has 7 nitrogen and oxygen atoms in total. The van der Waals surface area contributed by atoms with E-state index in [9.17, 15) is 18.3 Å². The molecule has 3 aromatic rings. The fraction of sp³-hybridized carbons (Fsp3) is 0.250. The largest absolute Gasteiger partial charge is 0.497 e. The van der Waals surface area contributed by atoms with Crippen LogP contribution in [-0.2, 0) is 14.8 Å². The summed E-state index contributed by atoms with van der Waals surface area (Å²) in [6, 6.07) is 11.3.